The van der Waals surface area contributed by atoms with Crippen LogP contribution in [0.1, 0.15) is 21.5 Å². The fraction of sp³-hybridized carbons (Fsp3) is 0.125. The molecule has 1 amide bonds. The summed E-state index contributed by atoms with van der Waals surface area (Å²) in [4.78, 5) is 39.7. The maximum Gasteiger partial charge on any atom is 0.331 e. The largest absolute Gasteiger partial charge is 0.497 e. The Morgan fingerprint density at radius 2 is 1.63 bits per heavy atom. The lowest BCUT2D eigenvalue weighted by Crippen LogP contribution is -2.39. The summed E-state index contributed by atoms with van der Waals surface area (Å²) >= 11 is 0. The third kappa shape index (κ3) is 5.43. The summed E-state index contributed by atoms with van der Waals surface area (Å²) in [7, 11) is 3.21. The molecule has 0 unspecified atom stereocenters. The molecule has 6 rings (SSSR count). The van der Waals surface area contributed by atoms with Crippen LogP contribution in [-0.2, 0) is 20.1 Å². The van der Waals surface area contributed by atoms with Crippen molar-refractivity contribution in [3.05, 3.63) is 129 Å². The van der Waals surface area contributed by atoms with E-state index in [9.17, 15) is 14.4 Å². The molecule has 2 heterocycles. The maximum atomic E-state index is 13.6. The molecule has 0 aliphatic carbocycles. The van der Waals surface area contributed by atoms with Gasteiger partial charge in [-0.15, -0.1) is 10.2 Å². The van der Waals surface area contributed by atoms with Crippen LogP contribution in [0.2, 0.25) is 0 Å². The van der Waals surface area contributed by atoms with E-state index in [1.165, 1.54) is 15.2 Å². The molecule has 0 saturated carbocycles. The van der Waals surface area contributed by atoms with Gasteiger partial charge in [0, 0.05) is 24.7 Å². The summed E-state index contributed by atoms with van der Waals surface area (Å²) in [6.45, 7) is 0.385. The van der Waals surface area contributed by atoms with Crippen LogP contribution in [0.3, 0.4) is 0 Å². The third-order valence-electron chi connectivity index (χ3n) is 7.34. The molecule has 11 heteroatoms. The molecule has 2 aromatic heterocycles. The zero-order valence-corrected chi connectivity index (χ0v) is 23.4. The highest BCUT2D eigenvalue weighted by Crippen LogP contribution is 2.29. The number of nitrogens with one attached hydrogen (secondary N) is 2. The number of fused-ring (bicyclic) bond motifs is 1. The molecule has 0 aliphatic heterocycles. The molecule has 2 N–H and O–H groups in total. The average Bonchev–Trinajstić information content (AvgIpc) is 3.60. The van der Waals surface area contributed by atoms with Crippen LogP contribution in [0.15, 0.2) is 101 Å². The summed E-state index contributed by atoms with van der Waals surface area (Å²) in [5.41, 5.74) is 4.22. The topological polar surface area (TPSA) is 137 Å². The predicted octanol–water partition coefficient (Wildman–Crippen LogP) is 3.53. The van der Waals surface area contributed by atoms with Gasteiger partial charge < -0.3 is 10.1 Å². The number of hydrogen-bond acceptors (Lipinski definition) is 7. The molecule has 4 aromatic carbocycles. The molecule has 0 aliphatic rings. The third-order valence-corrected chi connectivity index (χ3v) is 7.34. The molecular weight excluding hydrogens is 546 g/mol. The summed E-state index contributed by atoms with van der Waals surface area (Å²) in [5, 5.41) is 17.5. The Labute approximate surface area is 245 Å². The van der Waals surface area contributed by atoms with E-state index in [2.05, 4.69) is 25.9 Å². The van der Waals surface area contributed by atoms with E-state index in [4.69, 9.17) is 4.74 Å². The van der Waals surface area contributed by atoms with Crippen molar-refractivity contribution in [1.29, 1.82) is 0 Å². The number of H-pyrrole nitrogens is 1. The zero-order valence-electron chi connectivity index (χ0n) is 23.4. The van der Waals surface area contributed by atoms with Crippen molar-refractivity contribution >= 4 is 16.8 Å². The molecule has 0 atom stereocenters. The average molecular weight is 574 g/mol. The van der Waals surface area contributed by atoms with Gasteiger partial charge >= 0.3 is 5.69 Å². The highest BCUT2D eigenvalue weighted by Gasteiger charge is 2.15. The molecule has 0 bridgehead atoms. The monoisotopic (exact) mass is 573 g/mol. The van der Waals surface area contributed by atoms with Gasteiger partial charge in [-0.1, -0.05) is 60.7 Å². The van der Waals surface area contributed by atoms with E-state index in [0.29, 0.717) is 23.4 Å². The fourth-order valence-corrected chi connectivity index (χ4v) is 5.00. The van der Waals surface area contributed by atoms with Crippen molar-refractivity contribution in [2.24, 2.45) is 7.05 Å². The van der Waals surface area contributed by atoms with Crippen molar-refractivity contribution in [2.45, 2.75) is 13.1 Å². The number of aryl methyl sites for hydroxylation is 1. The number of methoxy groups -OCH3 is 1. The second-order valence-corrected chi connectivity index (χ2v) is 9.97. The molecule has 0 radical (unpaired) electrons. The molecule has 0 fully saturated rings. The van der Waals surface area contributed by atoms with Crippen LogP contribution in [0, 0.1) is 0 Å². The number of aromatic amines is 1. The Morgan fingerprint density at radius 3 is 2.33 bits per heavy atom. The van der Waals surface area contributed by atoms with Gasteiger partial charge in [-0.2, -0.15) is 5.21 Å². The molecule has 0 spiro atoms. The summed E-state index contributed by atoms with van der Waals surface area (Å²) in [5.74, 6) is 0.891. The first-order chi connectivity index (χ1) is 20.9. The lowest BCUT2D eigenvalue weighted by Gasteiger charge is -2.13. The van der Waals surface area contributed by atoms with Gasteiger partial charge in [0.25, 0.3) is 11.5 Å². The first-order valence-corrected chi connectivity index (χ1v) is 13.5. The highest BCUT2D eigenvalue weighted by molar-refractivity contribution is 5.97. The smallest absolute Gasteiger partial charge is 0.331 e. The fourth-order valence-electron chi connectivity index (χ4n) is 5.00. The molecule has 43 heavy (non-hydrogen) atoms. The number of nitrogens with zero attached hydrogens (tertiary/aromatic N) is 5. The van der Waals surface area contributed by atoms with Crippen LogP contribution in [0.5, 0.6) is 5.75 Å². The van der Waals surface area contributed by atoms with Crippen molar-refractivity contribution in [3.63, 3.8) is 0 Å². The lowest BCUT2D eigenvalue weighted by atomic mass is 9.98. The van der Waals surface area contributed by atoms with Crippen LogP contribution in [0.4, 0.5) is 0 Å². The Hall–Kier alpha value is -5.84. The summed E-state index contributed by atoms with van der Waals surface area (Å²) in [6.07, 6.45) is 0. The van der Waals surface area contributed by atoms with Crippen molar-refractivity contribution in [1.82, 2.24) is 35.1 Å². The van der Waals surface area contributed by atoms with E-state index >= 15 is 0 Å². The standard InChI is InChI=1S/C32H27N7O4/c1-38-28-16-13-23(30(40)33-18-20-9-14-24(43-2)15-10-20)17-27(28)31(41)39(32(38)42)19-21-7-11-22(12-8-21)25-5-3-4-6-26(25)29-34-36-37-35-29/h3-17H,18-19H2,1-2H3,(H,33,40)(H,34,35,36,37). The van der Waals surface area contributed by atoms with Crippen molar-refractivity contribution in [3.8, 4) is 28.3 Å². The van der Waals surface area contributed by atoms with Crippen LogP contribution in [-0.4, -0.2) is 42.8 Å². The van der Waals surface area contributed by atoms with Crippen LogP contribution < -0.4 is 21.3 Å². The van der Waals surface area contributed by atoms with E-state index in [0.717, 1.165) is 33.6 Å². The highest BCUT2D eigenvalue weighted by atomic mass is 16.5. The Bertz CT molecular complexity index is 2050. The number of amides is 1. The number of hydrogen-bond donors (Lipinski definition) is 2. The van der Waals surface area contributed by atoms with Gasteiger partial charge in [0.15, 0.2) is 0 Å². The van der Waals surface area contributed by atoms with E-state index in [1.54, 1.807) is 26.3 Å². The number of tetrazole rings is 1. The van der Waals surface area contributed by atoms with Gasteiger partial charge in [0.1, 0.15) is 5.75 Å². The zero-order chi connectivity index (χ0) is 29.9. The second kappa shape index (κ2) is 11.6. The molecule has 0 saturated heterocycles. The first-order valence-electron chi connectivity index (χ1n) is 13.5. The minimum absolute atomic E-state index is 0.0715. The van der Waals surface area contributed by atoms with Crippen LogP contribution in [0.25, 0.3) is 33.4 Å². The van der Waals surface area contributed by atoms with E-state index in [1.807, 2.05) is 72.8 Å². The van der Waals surface area contributed by atoms with Gasteiger partial charge in [0.05, 0.1) is 24.6 Å². The van der Waals surface area contributed by atoms with Gasteiger partial charge in [-0.05, 0) is 57.8 Å². The van der Waals surface area contributed by atoms with Crippen LogP contribution >= 0.6 is 0 Å². The Kier molecular flexibility index (Phi) is 7.35. The first kappa shape index (κ1) is 27.3. The second-order valence-electron chi connectivity index (χ2n) is 9.97. The van der Waals surface area contributed by atoms with Gasteiger partial charge in [-0.25, -0.2) is 4.79 Å². The molecule has 6 aromatic rings. The number of carbonyl (C=O) groups is 1. The maximum absolute atomic E-state index is 13.6. The van der Waals surface area contributed by atoms with E-state index in [-0.39, 0.29) is 17.8 Å². The van der Waals surface area contributed by atoms with Crippen molar-refractivity contribution < 1.29 is 9.53 Å². The SMILES string of the molecule is COc1ccc(CNC(=O)c2ccc3c(c2)c(=O)n(Cc2ccc(-c4ccccc4-c4nn[nH]n4)cc2)c(=O)n3C)cc1. The van der Waals surface area contributed by atoms with E-state index < -0.39 is 11.2 Å². The predicted molar refractivity (Wildman–Crippen MR) is 162 cm³/mol. The van der Waals surface area contributed by atoms with Gasteiger partial charge in [0.2, 0.25) is 5.82 Å². The number of rotatable bonds is 8. The normalized spacial score (nSPS) is 11.0. The molecular formula is C32H27N7O4. The molecule has 11 nitrogen and oxygen atoms in total. The quantitative estimate of drug-likeness (QED) is 0.284. The summed E-state index contributed by atoms with van der Waals surface area (Å²) in [6, 6.07) is 27.5. The number of aromatic nitrogens is 6. The van der Waals surface area contributed by atoms with Crippen molar-refractivity contribution in [2.75, 3.05) is 7.11 Å². The lowest BCUT2D eigenvalue weighted by molar-refractivity contribution is 0.0951. The number of ether oxygens (including phenoxy) is 1. The van der Waals surface area contributed by atoms with Gasteiger partial charge in [-0.3, -0.25) is 18.7 Å². The Balaban J connectivity index is 1.26. The minimum Gasteiger partial charge on any atom is -0.497 e. The Morgan fingerprint density at radius 1 is 0.907 bits per heavy atom. The molecule has 214 valence electrons. The number of benzene rings is 4. The number of carbonyl (C=O) groups excluding carboxylic acids is 1. The minimum atomic E-state index is -0.463. The summed E-state index contributed by atoms with van der Waals surface area (Å²) < 4.78 is 7.78.